The van der Waals surface area contributed by atoms with Crippen LogP contribution in [0, 0.1) is 5.92 Å². The zero-order chi connectivity index (χ0) is 15.6. The minimum atomic E-state index is -0.315. The molecule has 21 heavy (non-hydrogen) atoms. The van der Waals surface area contributed by atoms with Gasteiger partial charge < -0.3 is 15.0 Å². The molecule has 120 valence electrons. The summed E-state index contributed by atoms with van der Waals surface area (Å²) in [6.45, 7) is 6.65. The number of nitrogens with one attached hydrogen (secondary N) is 1. The van der Waals surface area contributed by atoms with E-state index in [1.807, 2.05) is 20.8 Å². The number of hydrogen-bond acceptors (Lipinski definition) is 3. The lowest BCUT2D eigenvalue weighted by Gasteiger charge is -2.40. The van der Waals surface area contributed by atoms with Crippen LogP contribution in [0.1, 0.15) is 52.9 Å². The molecule has 0 aromatic heterocycles. The number of carbonyl (C=O) groups excluding carboxylic acids is 2. The van der Waals surface area contributed by atoms with E-state index in [9.17, 15) is 9.59 Å². The summed E-state index contributed by atoms with van der Waals surface area (Å²) in [6, 6.07) is -0.610. The summed E-state index contributed by atoms with van der Waals surface area (Å²) < 4.78 is 5.43. The molecular formula is C16H28N2O3. The van der Waals surface area contributed by atoms with Gasteiger partial charge in [-0.1, -0.05) is 13.3 Å². The topological polar surface area (TPSA) is 58.6 Å². The largest absolute Gasteiger partial charge is 0.379 e. The second-order valence-electron chi connectivity index (χ2n) is 6.87. The van der Waals surface area contributed by atoms with E-state index in [0.717, 1.165) is 32.1 Å². The second kappa shape index (κ2) is 6.34. The Balaban J connectivity index is 2.09. The molecule has 1 aliphatic heterocycles. The van der Waals surface area contributed by atoms with E-state index in [1.165, 1.54) is 0 Å². The average Bonchev–Trinajstić information content (AvgIpc) is 3.26. The third-order valence-corrected chi connectivity index (χ3v) is 4.69. The maximum atomic E-state index is 12.7. The molecule has 1 N–H and O–H groups in total. The molecule has 0 radical (unpaired) electrons. The van der Waals surface area contributed by atoms with E-state index in [2.05, 4.69) is 5.32 Å². The number of piperazine rings is 1. The Kier molecular flexibility index (Phi) is 4.91. The Morgan fingerprint density at radius 1 is 1.33 bits per heavy atom. The van der Waals surface area contributed by atoms with Gasteiger partial charge in [-0.05, 0) is 45.4 Å². The number of hydrogen-bond donors (Lipinski definition) is 1. The molecule has 0 spiro atoms. The number of amides is 2. The summed E-state index contributed by atoms with van der Waals surface area (Å²) >= 11 is 0. The molecule has 2 atom stereocenters. The van der Waals surface area contributed by atoms with Crippen LogP contribution < -0.4 is 5.32 Å². The van der Waals surface area contributed by atoms with Crippen molar-refractivity contribution in [2.24, 2.45) is 5.92 Å². The zero-order valence-corrected chi connectivity index (χ0v) is 13.6. The van der Waals surface area contributed by atoms with Crippen LogP contribution in [0.5, 0.6) is 0 Å². The molecule has 2 amide bonds. The van der Waals surface area contributed by atoms with Crippen molar-refractivity contribution >= 4 is 11.8 Å². The van der Waals surface area contributed by atoms with Crippen LogP contribution in [0.15, 0.2) is 0 Å². The summed E-state index contributed by atoms with van der Waals surface area (Å²) in [5.41, 5.74) is -0.278. The average molecular weight is 296 g/mol. The molecule has 0 bridgehead atoms. The van der Waals surface area contributed by atoms with E-state index in [1.54, 1.807) is 12.0 Å². The normalized spacial score (nSPS) is 27.0. The van der Waals surface area contributed by atoms with E-state index in [-0.39, 0.29) is 29.5 Å². The maximum Gasteiger partial charge on any atom is 0.246 e. The molecule has 2 fully saturated rings. The number of rotatable bonds is 7. The van der Waals surface area contributed by atoms with Gasteiger partial charge in [-0.25, -0.2) is 0 Å². The molecule has 1 aliphatic carbocycles. The van der Waals surface area contributed by atoms with Gasteiger partial charge >= 0.3 is 0 Å². The van der Waals surface area contributed by atoms with Crippen LogP contribution in [0.25, 0.3) is 0 Å². The van der Waals surface area contributed by atoms with Gasteiger partial charge in [0.05, 0.1) is 5.60 Å². The van der Waals surface area contributed by atoms with Gasteiger partial charge in [-0.15, -0.1) is 0 Å². The van der Waals surface area contributed by atoms with Gasteiger partial charge in [-0.3, -0.25) is 9.59 Å². The van der Waals surface area contributed by atoms with Crippen molar-refractivity contribution in [2.45, 2.75) is 70.6 Å². The predicted octanol–water partition coefficient (Wildman–Crippen LogP) is 1.71. The maximum absolute atomic E-state index is 12.7. The van der Waals surface area contributed by atoms with Crippen LogP contribution >= 0.6 is 0 Å². The monoisotopic (exact) mass is 296 g/mol. The van der Waals surface area contributed by atoms with Crippen LogP contribution in [-0.4, -0.2) is 48.1 Å². The fraction of sp³-hybridized carbons (Fsp3) is 0.875. The summed E-state index contributed by atoms with van der Waals surface area (Å²) in [4.78, 5) is 26.9. The summed E-state index contributed by atoms with van der Waals surface area (Å²) in [6.07, 6.45) is 4.45. The van der Waals surface area contributed by atoms with E-state index in [4.69, 9.17) is 4.74 Å². The summed E-state index contributed by atoms with van der Waals surface area (Å²) in [7, 11) is 1.68. The van der Waals surface area contributed by atoms with Crippen LogP contribution in [0.4, 0.5) is 0 Å². The Morgan fingerprint density at radius 3 is 2.52 bits per heavy atom. The number of carbonyl (C=O) groups is 2. The van der Waals surface area contributed by atoms with E-state index in [0.29, 0.717) is 12.5 Å². The Bertz CT molecular complexity index is 404. The standard InChI is InChI=1S/C16H28N2O3/c1-5-6-12-14(19)17-13(11-7-8-11)15(20)18(12)10-9-16(2,3)21-4/h11-13H,5-10H2,1-4H3,(H,17,19). The van der Waals surface area contributed by atoms with E-state index < -0.39 is 0 Å². The number of nitrogens with zero attached hydrogens (tertiary/aromatic N) is 1. The fourth-order valence-corrected chi connectivity index (χ4v) is 2.85. The van der Waals surface area contributed by atoms with Crippen LogP contribution in [-0.2, 0) is 14.3 Å². The lowest BCUT2D eigenvalue weighted by atomic mass is 9.98. The molecule has 2 aliphatic rings. The Labute approximate surface area is 127 Å². The molecule has 5 nitrogen and oxygen atoms in total. The molecule has 0 aromatic carbocycles. The van der Waals surface area contributed by atoms with Crippen LogP contribution in [0.3, 0.4) is 0 Å². The lowest BCUT2D eigenvalue weighted by Crippen LogP contribution is -2.64. The third kappa shape index (κ3) is 3.76. The van der Waals surface area contributed by atoms with Gasteiger partial charge in [0.2, 0.25) is 11.8 Å². The van der Waals surface area contributed by atoms with Crippen molar-refractivity contribution in [2.75, 3.05) is 13.7 Å². The van der Waals surface area contributed by atoms with E-state index >= 15 is 0 Å². The van der Waals surface area contributed by atoms with Crippen molar-refractivity contribution in [3.05, 3.63) is 0 Å². The molecule has 1 saturated carbocycles. The molecule has 5 heteroatoms. The highest BCUT2D eigenvalue weighted by molar-refractivity contribution is 5.97. The Hall–Kier alpha value is -1.10. The molecule has 2 unspecified atom stereocenters. The van der Waals surface area contributed by atoms with Crippen molar-refractivity contribution < 1.29 is 14.3 Å². The quantitative estimate of drug-likeness (QED) is 0.778. The minimum Gasteiger partial charge on any atom is -0.379 e. The smallest absolute Gasteiger partial charge is 0.246 e. The van der Waals surface area contributed by atoms with Gasteiger partial charge in [0.1, 0.15) is 12.1 Å². The molecule has 1 saturated heterocycles. The van der Waals surface area contributed by atoms with Gasteiger partial charge in [0, 0.05) is 13.7 Å². The number of methoxy groups -OCH3 is 1. The van der Waals surface area contributed by atoms with Gasteiger partial charge in [0.15, 0.2) is 0 Å². The van der Waals surface area contributed by atoms with Gasteiger partial charge in [0.25, 0.3) is 0 Å². The first-order chi connectivity index (χ1) is 9.89. The van der Waals surface area contributed by atoms with Crippen molar-refractivity contribution in [1.29, 1.82) is 0 Å². The third-order valence-electron chi connectivity index (χ3n) is 4.69. The highest BCUT2D eigenvalue weighted by atomic mass is 16.5. The first-order valence-corrected chi connectivity index (χ1v) is 8.05. The first kappa shape index (κ1) is 16.3. The first-order valence-electron chi connectivity index (χ1n) is 8.05. The highest BCUT2D eigenvalue weighted by Crippen LogP contribution is 2.35. The van der Waals surface area contributed by atoms with Crippen molar-refractivity contribution in [3.63, 3.8) is 0 Å². The van der Waals surface area contributed by atoms with Crippen LogP contribution in [0.2, 0.25) is 0 Å². The highest BCUT2D eigenvalue weighted by Gasteiger charge is 2.46. The predicted molar refractivity (Wildman–Crippen MR) is 80.8 cm³/mol. The summed E-state index contributed by atoms with van der Waals surface area (Å²) in [5, 5.41) is 2.94. The summed E-state index contributed by atoms with van der Waals surface area (Å²) in [5.74, 6) is 0.466. The fourth-order valence-electron chi connectivity index (χ4n) is 2.85. The zero-order valence-electron chi connectivity index (χ0n) is 13.6. The Morgan fingerprint density at radius 2 is 2.00 bits per heavy atom. The minimum absolute atomic E-state index is 0.0172. The number of ether oxygens (including phenoxy) is 1. The van der Waals surface area contributed by atoms with Crippen molar-refractivity contribution in [3.8, 4) is 0 Å². The molecule has 0 aromatic rings. The molecular weight excluding hydrogens is 268 g/mol. The molecule has 2 rings (SSSR count). The molecule has 1 heterocycles. The second-order valence-corrected chi connectivity index (χ2v) is 6.87. The van der Waals surface area contributed by atoms with Crippen molar-refractivity contribution in [1.82, 2.24) is 10.2 Å². The lowest BCUT2D eigenvalue weighted by molar-refractivity contribution is -0.151. The SMILES string of the molecule is CCCC1C(=O)NC(C2CC2)C(=O)N1CCC(C)(C)OC. The van der Waals surface area contributed by atoms with Gasteiger partial charge in [-0.2, -0.15) is 0 Å².